The second-order valence-corrected chi connectivity index (χ2v) is 13.9. The van der Waals surface area contributed by atoms with Crippen LogP contribution in [-0.4, -0.2) is 57.8 Å². The van der Waals surface area contributed by atoms with Crippen molar-refractivity contribution >= 4 is 17.9 Å². The Balaban J connectivity index is 1.50. The third-order valence-corrected chi connectivity index (χ3v) is 11.2. The average Bonchev–Trinajstić information content (AvgIpc) is 3.04. The minimum atomic E-state index is -2.34. The van der Waals surface area contributed by atoms with Gasteiger partial charge >= 0.3 is 12.1 Å². The standard InChI is InChI=1S/C30H40F2O7/c1-16-11-19-20-13-22(31)21-12-17(33)8-10-27(21,4)29(20,32)23(34)15-28(19,5)30(16,24(35)36)39-25(37)38-18-7-6-9-26(2,3)14-18/h8,10,12,16,18-20,22-23,34H,6-7,9,11,13-15H2,1-5H3,(H,35,36)/t16-,18?,19+,20+,22+,23+,27+,28+,29?,30-/m1/s1. The highest BCUT2D eigenvalue weighted by Gasteiger charge is 2.78. The molecule has 0 spiro atoms. The van der Waals surface area contributed by atoms with Gasteiger partial charge in [-0.3, -0.25) is 4.79 Å². The molecule has 0 saturated heterocycles. The number of allylic oxidation sites excluding steroid dienone is 4. The Kier molecular flexibility index (Phi) is 6.41. The molecule has 39 heavy (non-hydrogen) atoms. The normalized spacial score (nSPS) is 48.3. The molecule has 2 N–H and O–H groups in total. The largest absolute Gasteiger partial charge is 0.509 e. The Morgan fingerprint density at radius 2 is 1.79 bits per heavy atom. The van der Waals surface area contributed by atoms with Crippen LogP contribution in [0.25, 0.3) is 0 Å². The average molecular weight is 551 g/mol. The Morgan fingerprint density at radius 1 is 1.10 bits per heavy atom. The maximum atomic E-state index is 17.4. The van der Waals surface area contributed by atoms with Gasteiger partial charge in [0.2, 0.25) is 5.60 Å². The molecule has 0 bridgehead atoms. The molecular formula is C30H40F2O7. The van der Waals surface area contributed by atoms with E-state index >= 15 is 8.78 Å². The van der Waals surface area contributed by atoms with Crippen LogP contribution >= 0.6 is 0 Å². The molecule has 2 unspecified atom stereocenters. The number of hydrogen-bond donors (Lipinski definition) is 2. The van der Waals surface area contributed by atoms with E-state index in [1.165, 1.54) is 19.1 Å². The molecule has 0 amide bonds. The zero-order valence-electron chi connectivity index (χ0n) is 23.3. The van der Waals surface area contributed by atoms with Gasteiger partial charge in [0.25, 0.3) is 0 Å². The summed E-state index contributed by atoms with van der Waals surface area (Å²) < 4.78 is 44.4. The quantitative estimate of drug-likeness (QED) is 0.447. The molecule has 5 aliphatic carbocycles. The summed E-state index contributed by atoms with van der Waals surface area (Å²) in [5.74, 6) is -4.34. The summed E-state index contributed by atoms with van der Waals surface area (Å²) in [5, 5.41) is 22.1. The number of carboxylic acids is 1. The number of alkyl halides is 2. The highest BCUT2D eigenvalue weighted by atomic mass is 19.1. The molecule has 0 aromatic rings. The number of carboxylic acid groups (broad SMARTS) is 1. The van der Waals surface area contributed by atoms with Gasteiger partial charge in [0.15, 0.2) is 11.5 Å². The predicted molar refractivity (Wildman–Crippen MR) is 137 cm³/mol. The molecule has 4 fully saturated rings. The van der Waals surface area contributed by atoms with Gasteiger partial charge in [-0.05, 0) is 80.9 Å². The summed E-state index contributed by atoms with van der Waals surface area (Å²) in [4.78, 5) is 38.2. The molecule has 5 rings (SSSR count). The van der Waals surface area contributed by atoms with Crippen molar-refractivity contribution in [2.24, 2.45) is 34.0 Å². The zero-order valence-corrected chi connectivity index (χ0v) is 23.3. The van der Waals surface area contributed by atoms with Crippen LogP contribution in [0.3, 0.4) is 0 Å². The third-order valence-electron chi connectivity index (χ3n) is 11.2. The molecule has 5 aliphatic rings. The van der Waals surface area contributed by atoms with Crippen molar-refractivity contribution in [1.29, 1.82) is 0 Å². The Bertz CT molecular complexity index is 1150. The number of ketones is 1. The number of halogens is 2. The lowest BCUT2D eigenvalue weighted by Crippen LogP contribution is -2.71. The first-order valence-corrected chi connectivity index (χ1v) is 14.1. The number of ether oxygens (including phenoxy) is 2. The molecular weight excluding hydrogens is 510 g/mol. The van der Waals surface area contributed by atoms with Crippen molar-refractivity contribution in [2.45, 2.75) is 109 Å². The molecule has 10 atom stereocenters. The predicted octanol–water partition coefficient (Wildman–Crippen LogP) is 5.50. The van der Waals surface area contributed by atoms with E-state index in [0.717, 1.165) is 18.9 Å². The van der Waals surface area contributed by atoms with E-state index in [2.05, 4.69) is 13.8 Å². The highest BCUT2D eigenvalue weighted by molar-refractivity contribution is 6.01. The number of aliphatic hydroxyl groups is 1. The van der Waals surface area contributed by atoms with Crippen molar-refractivity contribution < 1.29 is 42.9 Å². The van der Waals surface area contributed by atoms with Crippen LogP contribution in [0.4, 0.5) is 13.6 Å². The Morgan fingerprint density at radius 3 is 2.44 bits per heavy atom. The van der Waals surface area contributed by atoms with Crippen LogP contribution < -0.4 is 0 Å². The summed E-state index contributed by atoms with van der Waals surface area (Å²) in [5.41, 5.74) is -7.42. The first-order valence-electron chi connectivity index (χ1n) is 14.1. The Hall–Kier alpha value is -2.29. The SMILES string of the molecule is C[C@@H]1C[C@H]2[C@@H]3C[C@H](F)C4=CC(=O)C=C[C@]4(C)C3(F)[C@@H](O)C[C@]2(C)[C@]1(OC(=O)OC1CCCC(C)(C)C1)C(=O)O. The van der Waals surface area contributed by atoms with E-state index in [-0.39, 0.29) is 30.3 Å². The molecule has 7 nitrogen and oxygen atoms in total. The number of carbonyl (C=O) groups excluding carboxylic acids is 2. The minimum absolute atomic E-state index is 0.00202. The summed E-state index contributed by atoms with van der Waals surface area (Å²) in [6.45, 7) is 8.92. The van der Waals surface area contributed by atoms with Gasteiger partial charge in [0, 0.05) is 22.7 Å². The van der Waals surface area contributed by atoms with Crippen molar-refractivity contribution in [1.82, 2.24) is 0 Å². The summed E-state index contributed by atoms with van der Waals surface area (Å²) >= 11 is 0. The van der Waals surface area contributed by atoms with E-state index < -0.39 is 76.1 Å². The number of rotatable bonds is 3. The summed E-state index contributed by atoms with van der Waals surface area (Å²) in [7, 11) is 0. The van der Waals surface area contributed by atoms with Gasteiger partial charge in [0.05, 0.1) is 6.10 Å². The van der Waals surface area contributed by atoms with Crippen LogP contribution in [0, 0.1) is 34.0 Å². The lowest BCUT2D eigenvalue weighted by Gasteiger charge is -2.62. The van der Waals surface area contributed by atoms with Gasteiger partial charge in [-0.15, -0.1) is 0 Å². The van der Waals surface area contributed by atoms with Crippen LogP contribution in [0.15, 0.2) is 23.8 Å². The zero-order chi connectivity index (χ0) is 28.8. The second-order valence-electron chi connectivity index (χ2n) is 13.9. The van der Waals surface area contributed by atoms with E-state index in [1.807, 2.05) is 0 Å². The summed E-state index contributed by atoms with van der Waals surface area (Å²) in [6, 6.07) is 0. The van der Waals surface area contributed by atoms with E-state index in [0.29, 0.717) is 12.8 Å². The second kappa shape index (κ2) is 8.85. The molecule has 0 aromatic heterocycles. The van der Waals surface area contributed by atoms with Gasteiger partial charge in [-0.1, -0.05) is 33.8 Å². The number of hydrogen-bond acceptors (Lipinski definition) is 6. The topological polar surface area (TPSA) is 110 Å². The molecule has 4 saturated carbocycles. The monoisotopic (exact) mass is 550 g/mol. The fourth-order valence-electron chi connectivity index (χ4n) is 9.26. The smallest absolute Gasteiger partial charge is 0.478 e. The van der Waals surface area contributed by atoms with Gasteiger partial charge in [-0.25, -0.2) is 18.4 Å². The van der Waals surface area contributed by atoms with Crippen molar-refractivity contribution in [3.8, 4) is 0 Å². The fourth-order valence-corrected chi connectivity index (χ4v) is 9.26. The van der Waals surface area contributed by atoms with Gasteiger partial charge < -0.3 is 19.7 Å². The molecule has 0 radical (unpaired) electrons. The molecule has 216 valence electrons. The van der Waals surface area contributed by atoms with E-state index in [9.17, 15) is 24.6 Å². The maximum absolute atomic E-state index is 17.4. The minimum Gasteiger partial charge on any atom is -0.478 e. The van der Waals surface area contributed by atoms with Crippen LogP contribution in [0.1, 0.15) is 79.6 Å². The maximum Gasteiger partial charge on any atom is 0.509 e. The first kappa shape index (κ1) is 28.2. The van der Waals surface area contributed by atoms with Crippen molar-refractivity contribution in [3.63, 3.8) is 0 Å². The fraction of sp³-hybridized carbons (Fsp3) is 0.767. The molecule has 0 aliphatic heterocycles. The Labute approximate surface area is 228 Å². The first-order chi connectivity index (χ1) is 18.0. The van der Waals surface area contributed by atoms with Crippen molar-refractivity contribution in [3.05, 3.63) is 23.8 Å². The third kappa shape index (κ3) is 3.77. The van der Waals surface area contributed by atoms with Gasteiger partial charge in [-0.2, -0.15) is 0 Å². The highest BCUT2D eigenvalue weighted by Crippen LogP contribution is 2.71. The lowest BCUT2D eigenvalue weighted by atomic mass is 9.44. The molecule has 0 heterocycles. The summed E-state index contributed by atoms with van der Waals surface area (Å²) in [6.07, 6.45) is 1.55. The van der Waals surface area contributed by atoms with Crippen molar-refractivity contribution in [2.75, 3.05) is 0 Å². The van der Waals surface area contributed by atoms with Crippen LogP contribution in [0.5, 0.6) is 0 Å². The molecule has 9 heteroatoms. The number of aliphatic hydroxyl groups excluding tert-OH is 1. The number of fused-ring (bicyclic) bond motifs is 5. The van der Waals surface area contributed by atoms with Gasteiger partial charge in [0.1, 0.15) is 12.3 Å². The van der Waals surface area contributed by atoms with E-state index in [4.69, 9.17) is 9.47 Å². The van der Waals surface area contributed by atoms with E-state index in [1.54, 1.807) is 13.8 Å². The number of aliphatic carboxylic acids is 1. The van der Waals surface area contributed by atoms with Crippen LogP contribution in [-0.2, 0) is 19.1 Å². The number of carbonyl (C=O) groups is 3. The van der Waals surface area contributed by atoms with Crippen LogP contribution in [0.2, 0.25) is 0 Å². The molecule has 0 aromatic carbocycles. The lowest BCUT2D eigenvalue weighted by molar-refractivity contribution is -0.232.